The first kappa shape index (κ1) is 19.4. The van der Waals surface area contributed by atoms with Crippen molar-refractivity contribution in [3.63, 3.8) is 0 Å². The van der Waals surface area contributed by atoms with Crippen LogP contribution in [0.25, 0.3) is 16.9 Å². The molecule has 31 heavy (non-hydrogen) atoms. The van der Waals surface area contributed by atoms with Gasteiger partial charge in [-0.05, 0) is 54.8 Å². The summed E-state index contributed by atoms with van der Waals surface area (Å²) in [6.07, 6.45) is 4.34. The molecule has 0 atom stereocenters. The zero-order valence-electron chi connectivity index (χ0n) is 16.8. The molecule has 7 heteroatoms. The van der Waals surface area contributed by atoms with Gasteiger partial charge in [0, 0.05) is 13.2 Å². The number of ether oxygens (including phenoxy) is 1. The Balaban J connectivity index is 1.41. The van der Waals surface area contributed by atoms with Gasteiger partial charge < -0.3 is 10.1 Å². The molecule has 0 bridgehead atoms. The molecule has 1 aliphatic heterocycles. The van der Waals surface area contributed by atoms with Crippen molar-refractivity contribution in [1.29, 1.82) is 0 Å². The first-order chi connectivity index (χ1) is 15.2. The van der Waals surface area contributed by atoms with E-state index in [0.717, 1.165) is 11.0 Å². The molecule has 1 N–H and O–H groups in total. The highest BCUT2D eigenvalue weighted by Crippen LogP contribution is 2.36. The number of hydrogen-bond acceptors (Lipinski definition) is 4. The van der Waals surface area contributed by atoms with Gasteiger partial charge >= 0.3 is 0 Å². The predicted molar refractivity (Wildman–Crippen MR) is 116 cm³/mol. The molecule has 0 unspecified atom stereocenters. The van der Waals surface area contributed by atoms with Gasteiger partial charge in [-0.3, -0.25) is 9.36 Å². The average Bonchev–Trinajstić information content (AvgIpc) is 3.24. The van der Waals surface area contributed by atoms with Gasteiger partial charge in [-0.15, -0.1) is 0 Å². The number of amides is 1. The molecule has 0 aliphatic carbocycles. The molecular weight excluding hydrogens is 395 g/mol. The molecule has 3 heterocycles. The van der Waals surface area contributed by atoms with E-state index in [0.29, 0.717) is 43.1 Å². The Morgan fingerprint density at radius 1 is 1.03 bits per heavy atom. The lowest BCUT2D eigenvalue weighted by atomic mass is 9.73. The Kier molecular flexibility index (Phi) is 4.95. The largest absolute Gasteiger partial charge is 0.381 e. The summed E-state index contributed by atoms with van der Waals surface area (Å²) in [5.41, 5.74) is 2.26. The summed E-state index contributed by atoms with van der Waals surface area (Å²) in [6.45, 7) is 0.906. The SMILES string of the molecule is O=C(Nc1ccc(-n2cnc3ccccc32)nc1)C1(c2cccc(F)c2)CCOCC1. The molecule has 1 saturated heterocycles. The van der Waals surface area contributed by atoms with Crippen LogP contribution in [0.1, 0.15) is 18.4 Å². The number of nitrogens with zero attached hydrogens (tertiary/aromatic N) is 3. The number of imidazole rings is 1. The maximum atomic E-state index is 13.9. The van der Waals surface area contributed by atoms with Crippen molar-refractivity contribution >= 4 is 22.6 Å². The number of anilines is 1. The van der Waals surface area contributed by atoms with Gasteiger partial charge in [-0.2, -0.15) is 0 Å². The third-order valence-corrected chi connectivity index (χ3v) is 5.86. The molecule has 1 amide bonds. The number of fused-ring (bicyclic) bond motifs is 1. The van der Waals surface area contributed by atoms with Crippen molar-refractivity contribution in [3.8, 4) is 5.82 Å². The summed E-state index contributed by atoms with van der Waals surface area (Å²) in [6, 6.07) is 17.7. The number of pyridine rings is 1. The minimum absolute atomic E-state index is 0.177. The fraction of sp³-hybridized carbons (Fsp3) is 0.208. The first-order valence-electron chi connectivity index (χ1n) is 10.2. The van der Waals surface area contributed by atoms with E-state index in [1.807, 2.05) is 41.0 Å². The lowest BCUT2D eigenvalue weighted by molar-refractivity contribution is -0.125. The van der Waals surface area contributed by atoms with Crippen molar-refractivity contribution in [2.24, 2.45) is 0 Å². The van der Waals surface area contributed by atoms with E-state index < -0.39 is 5.41 Å². The van der Waals surface area contributed by atoms with E-state index in [9.17, 15) is 9.18 Å². The molecule has 2 aromatic carbocycles. The number of carbonyl (C=O) groups is 1. The second-order valence-electron chi connectivity index (χ2n) is 7.67. The molecule has 0 saturated carbocycles. The number of para-hydroxylation sites is 2. The average molecular weight is 416 g/mol. The van der Waals surface area contributed by atoms with E-state index in [1.54, 1.807) is 24.7 Å². The minimum Gasteiger partial charge on any atom is -0.381 e. The van der Waals surface area contributed by atoms with Crippen molar-refractivity contribution < 1.29 is 13.9 Å². The Morgan fingerprint density at radius 3 is 2.65 bits per heavy atom. The van der Waals surface area contributed by atoms with E-state index in [4.69, 9.17) is 4.74 Å². The number of aromatic nitrogens is 3. The summed E-state index contributed by atoms with van der Waals surface area (Å²) in [4.78, 5) is 22.2. The maximum absolute atomic E-state index is 13.9. The van der Waals surface area contributed by atoms with Gasteiger partial charge in [0.1, 0.15) is 18.0 Å². The summed E-state index contributed by atoms with van der Waals surface area (Å²) in [5.74, 6) is 0.177. The Morgan fingerprint density at radius 2 is 1.87 bits per heavy atom. The van der Waals surface area contributed by atoms with Crippen LogP contribution in [-0.2, 0) is 14.9 Å². The van der Waals surface area contributed by atoms with Crippen LogP contribution in [0.2, 0.25) is 0 Å². The number of rotatable bonds is 4. The highest BCUT2D eigenvalue weighted by atomic mass is 19.1. The van der Waals surface area contributed by atoms with Crippen molar-refractivity contribution in [2.75, 3.05) is 18.5 Å². The monoisotopic (exact) mass is 416 g/mol. The van der Waals surface area contributed by atoms with Crippen LogP contribution in [0.15, 0.2) is 73.2 Å². The third kappa shape index (κ3) is 3.57. The van der Waals surface area contributed by atoms with E-state index >= 15 is 0 Å². The summed E-state index contributed by atoms with van der Waals surface area (Å²) < 4.78 is 21.3. The fourth-order valence-electron chi connectivity index (χ4n) is 4.15. The highest BCUT2D eigenvalue weighted by molar-refractivity contribution is 5.99. The zero-order valence-corrected chi connectivity index (χ0v) is 16.8. The van der Waals surface area contributed by atoms with Crippen LogP contribution in [0, 0.1) is 5.82 Å². The third-order valence-electron chi connectivity index (χ3n) is 5.86. The second kappa shape index (κ2) is 7.92. The highest BCUT2D eigenvalue weighted by Gasteiger charge is 2.42. The molecule has 0 spiro atoms. The lowest BCUT2D eigenvalue weighted by Crippen LogP contribution is -2.45. The molecular formula is C24H21FN4O2. The standard InChI is InChI=1S/C24H21FN4O2/c25-18-5-3-4-17(14-18)24(10-12-31-13-11-24)23(30)28-19-8-9-22(26-15-19)29-16-27-20-6-1-2-7-21(20)29/h1-9,14-16H,10-13H2,(H,28,30). The van der Waals surface area contributed by atoms with E-state index in [1.165, 1.54) is 12.1 Å². The van der Waals surface area contributed by atoms with E-state index in [-0.39, 0.29) is 11.7 Å². The van der Waals surface area contributed by atoms with Crippen molar-refractivity contribution in [1.82, 2.24) is 14.5 Å². The molecule has 6 nitrogen and oxygen atoms in total. The molecule has 1 fully saturated rings. The van der Waals surface area contributed by atoms with Crippen LogP contribution in [0.5, 0.6) is 0 Å². The second-order valence-corrected chi connectivity index (χ2v) is 7.67. The quantitative estimate of drug-likeness (QED) is 0.540. The Bertz CT molecular complexity index is 1230. The van der Waals surface area contributed by atoms with Gasteiger partial charge in [-0.1, -0.05) is 24.3 Å². The van der Waals surface area contributed by atoms with Gasteiger partial charge in [0.15, 0.2) is 0 Å². The Hall–Kier alpha value is -3.58. The predicted octanol–water partition coefficient (Wildman–Crippen LogP) is 4.25. The molecule has 5 rings (SSSR count). The van der Waals surface area contributed by atoms with Crippen LogP contribution in [-0.4, -0.2) is 33.7 Å². The number of halogens is 1. The van der Waals surface area contributed by atoms with Crippen LogP contribution in [0.4, 0.5) is 10.1 Å². The number of carbonyl (C=O) groups excluding carboxylic acids is 1. The molecule has 4 aromatic rings. The van der Waals surface area contributed by atoms with Crippen LogP contribution in [0.3, 0.4) is 0 Å². The normalized spacial score (nSPS) is 15.6. The molecule has 1 aliphatic rings. The van der Waals surface area contributed by atoms with Gasteiger partial charge in [0.05, 0.1) is 28.3 Å². The smallest absolute Gasteiger partial charge is 0.235 e. The maximum Gasteiger partial charge on any atom is 0.235 e. The number of benzene rings is 2. The van der Waals surface area contributed by atoms with Gasteiger partial charge in [-0.25, -0.2) is 14.4 Å². The van der Waals surface area contributed by atoms with Crippen LogP contribution >= 0.6 is 0 Å². The first-order valence-corrected chi connectivity index (χ1v) is 10.2. The van der Waals surface area contributed by atoms with Crippen LogP contribution < -0.4 is 5.32 Å². The lowest BCUT2D eigenvalue weighted by Gasteiger charge is -2.36. The molecule has 156 valence electrons. The van der Waals surface area contributed by atoms with E-state index in [2.05, 4.69) is 15.3 Å². The minimum atomic E-state index is -0.834. The topological polar surface area (TPSA) is 69.0 Å². The van der Waals surface area contributed by atoms with Crippen molar-refractivity contribution in [3.05, 3.63) is 84.6 Å². The zero-order chi connectivity index (χ0) is 21.3. The fourth-order valence-corrected chi connectivity index (χ4v) is 4.15. The summed E-state index contributed by atoms with van der Waals surface area (Å²) in [5, 5.41) is 2.98. The van der Waals surface area contributed by atoms with Gasteiger partial charge in [0.25, 0.3) is 0 Å². The van der Waals surface area contributed by atoms with Crippen molar-refractivity contribution in [2.45, 2.75) is 18.3 Å². The summed E-state index contributed by atoms with van der Waals surface area (Å²) >= 11 is 0. The van der Waals surface area contributed by atoms with Gasteiger partial charge in [0.2, 0.25) is 5.91 Å². The number of hydrogen-bond donors (Lipinski definition) is 1. The molecule has 0 radical (unpaired) electrons. The summed E-state index contributed by atoms with van der Waals surface area (Å²) in [7, 11) is 0. The molecule has 2 aromatic heterocycles. The number of nitrogens with one attached hydrogen (secondary N) is 1. The Labute approximate surface area is 178 Å².